The summed E-state index contributed by atoms with van der Waals surface area (Å²) in [6.07, 6.45) is 3.97. The lowest BCUT2D eigenvalue weighted by Crippen LogP contribution is -2.22. The zero-order valence-electron chi connectivity index (χ0n) is 23.7. The molecule has 40 heavy (non-hydrogen) atoms. The van der Waals surface area contributed by atoms with Crippen LogP contribution >= 0.6 is 23.2 Å². The molecule has 0 atom stereocenters. The maximum absolute atomic E-state index is 6.47. The Morgan fingerprint density at radius 3 is 2.38 bits per heavy atom. The SMILES string of the molecule is COc1ccc(CN(C)c2nc(Cl)nc3c(/C=C/c4ccc(Cl)cc4)n(COCC[Si](C)(C)C)nc23)c(OC)c1. The maximum Gasteiger partial charge on any atom is 0.225 e. The van der Waals surface area contributed by atoms with E-state index in [-0.39, 0.29) is 12.0 Å². The minimum atomic E-state index is -1.23. The molecule has 8 nitrogen and oxygen atoms in total. The third kappa shape index (κ3) is 7.54. The Morgan fingerprint density at radius 1 is 0.950 bits per heavy atom. The second-order valence-corrected chi connectivity index (χ2v) is 17.1. The lowest BCUT2D eigenvalue weighted by molar-refractivity contribution is 0.0786. The summed E-state index contributed by atoms with van der Waals surface area (Å²) in [5.41, 5.74) is 4.00. The van der Waals surface area contributed by atoms with Gasteiger partial charge in [-0.25, -0.2) is 9.67 Å². The molecule has 0 saturated heterocycles. The van der Waals surface area contributed by atoms with Gasteiger partial charge in [0.15, 0.2) is 11.3 Å². The van der Waals surface area contributed by atoms with Crippen molar-refractivity contribution in [2.24, 2.45) is 0 Å². The number of hydrogen-bond acceptors (Lipinski definition) is 7. The summed E-state index contributed by atoms with van der Waals surface area (Å²) in [5.74, 6) is 2.05. The summed E-state index contributed by atoms with van der Waals surface area (Å²) >= 11 is 12.5. The minimum absolute atomic E-state index is 0.136. The predicted molar refractivity (Wildman–Crippen MR) is 166 cm³/mol. The molecular formula is C29H35Cl2N5O3Si. The summed E-state index contributed by atoms with van der Waals surface area (Å²) in [6, 6.07) is 14.4. The van der Waals surface area contributed by atoms with Crippen LogP contribution in [0.5, 0.6) is 11.5 Å². The summed E-state index contributed by atoms with van der Waals surface area (Å²) in [7, 11) is 3.98. The van der Waals surface area contributed by atoms with Crippen LogP contribution in [0.15, 0.2) is 42.5 Å². The molecule has 0 spiro atoms. The second-order valence-electron chi connectivity index (χ2n) is 10.7. The molecule has 212 valence electrons. The summed E-state index contributed by atoms with van der Waals surface area (Å²) in [4.78, 5) is 11.1. The number of methoxy groups -OCH3 is 2. The van der Waals surface area contributed by atoms with Gasteiger partial charge in [-0.05, 0) is 53.5 Å². The highest BCUT2D eigenvalue weighted by Gasteiger charge is 2.21. The molecule has 0 N–H and O–H groups in total. The van der Waals surface area contributed by atoms with Gasteiger partial charge in [0.25, 0.3) is 0 Å². The van der Waals surface area contributed by atoms with Gasteiger partial charge in [0.1, 0.15) is 23.7 Å². The lowest BCUT2D eigenvalue weighted by Gasteiger charge is -2.20. The quantitative estimate of drug-likeness (QED) is 0.0962. The molecule has 0 amide bonds. The normalized spacial score (nSPS) is 11.9. The average molecular weight is 601 g/mol. The number of nitrogens with zero attached hydrogens (tertiary/aromatic N) is 5. The van der Waals surface area contributed by atoms with E-state index in [0.29, 0.717) is 35.0 Å². The molecule has 0 aliphatic heterocycles. The second kappa shape index (κ2) is 13.0. The van der Waals surface area contributed by atoms with Crippen LogP contribution in [0.1, 0.15) is 16.8 Å². The van der Waals surface area contributed by atoms with Gasteiger partial charge >= 0.3 is 0 Å². The Kier molecular flexibility index (Phi) is 9.73. The fraction of sp³-hybridized carbons (Fsp3) is 0.345. The Hall–Kier alpha value is -3.11. The van der Waals surface area contributed by atoms with E-state index in [2.05, 4.69) is 29.6 Å². The van der Waals surface area contributed by atoms with E-state index in [4.69, 9.17) is 42.5 Å². The number of halogens is 2. The molecular weight excluding hydrogens is 565 g/mol. The largest absolute Gasteiger partial charge is 0.497 e. The van der Waals surface area contributed by atoms with Crippen molar-refractivity contribution < 1.29 is 14.2 Å². The molecule has 0 unspecified atom stereocenters. The Balaban J connectivity index is 1.72. The first-order valence-electron chi connectivity index (χ1n) is 13.0. The van der Waals surface area contributed by atoms with Crippen molar-refractivity contribution in [2.45, 2.75) is 39.0 Å². The topological polar surface area (TPSA) is 74.5 Å². The van der Waals surface area contributed by atoms with Gasteiger partial charge < -0.3 is 19.1 Å². The number of ether oxygens (including phenoxy) is 3. The summed E-state index contributed by atoms with van der Waals surface area (Å²) in [5, 5.41) is 5.72. The van der Waals surface area contributed by atoms with Crippen molar-refractivity contribution in [3.63, 3.8) is 0 Å². The number of rotatable bonds is 12. The van der Waals surface area contributed by atoms with E-state index in [1.165, 1.54) is 0 Å². The number of anilines is 1. The number of fused-ring (bicyclic) bond motifs is 1. The van der Waals surface area contributed by atoms with Crippen LogP contribution in [-0.4, -0.2) is 55.7 Å². The van der Waals surface area contributed by atoms with Gasteiger partial charge in [0, 0.05) is 44.9 Å². The van der Waals surface area contributed by atoms with Crippen LogP contribution in [0.2, 0.25) is 36.0 Å². The van der Waals surface area contributed by atoms with Crippen molar-refractivity contribution in [1.29, 1.82) is 0 Å². The number of aromatic nitrogens is 4. The van der Waals surface area contributed by atoms with Gasteiger partial charge in [0.2, 0.25) is 5.28 Å². The highest BCUT2D eigenvalue weighted by atomic mass is 35.5. The van der Waals surface area contributed by atoms with E-state index in [1.807, 2.05) is 71.2 Å². The smallest absolute Gasteiger partial charge is 0.225 e. The van der Waals surface area contributed by atoms with E-state index in [9.17, 15) is 0 Å². The Bertz CT molecular complexity index is 1490. The van der Waals surface area contributed by atoms with Gasteiger partial charge in [-0.2, -0.15) is 10.1 Å². The van der Waals surface area contributed by atoms with Gasteiger partial charge in [-0.15, -0.1) is 0 Å². The molecule has 4 aromatic rings. The molecule has 2 aromatic heterocycles. The van der Waals surface area contributed by atoms with Crippen LogP contribution in [0.3, 0.4) is 0 Å². The Morgan fingerprint density at radius 2 is 1.70 bits per heavy atom. The van der Waals surface area contributed by atoms with Crippen molar-refractivity contribution in [3.05, 3.63) is 69.6 Å². The number of benzene rings is 2. The van der Waals surface area contributed by atoms with Crippen molar-refractivity contribution in [1.82, 2.24) is 19.7 Å². The highest BCUT2D eigenvalue weighted by molar-refractivity contribution is 6.76. The lowest BCUT2D eigenvalue weighted by atomic mass is 10.1. The summed E-state index contributed by atoms with van der Waals surface area (Å²) in [6.45, 7) is 8.45. The molecule has 0 aliphatic rings. The number of hydrogen-bond donors (Lipinski definition) is 0. The fourth-order valence-corrected chi connectivity index (χ4v) is 5.15. The van der Waals surface area contributed by atoms with Gasteiger partial charge in [0.05, 0.1) is 19.9 Å². The van der Waals surface area contributed by atoms with Crippen LogP contribution in [0.4, 0.5) is 5.82 Å². The zero-order valence-corrected chi connectivity index (χ0v) is 26.3. The molecule has 4 rings (SSSR count). The van der Waals surface area contributed by atoms with Crippen molar-refractivity contribution >= 4 is 60.3 Å². The highest BCUT2D eigenvalue weighted by Crippen LogP contribution is 2.31. The fourth-order valence-electron chi connectivity index (χ4n) is 4.10. The van der Waals surface area contributed by atoms with Crippen LogP contribution in [-0.2, 0) is 18.0 Å². The van der Waals surface area contributed by atoms with E-state index in [1.54, 1.807) is 14.2 Å². The predicted octanol–water partition coefficient (Wildman–Crippen LogP) is 7.27. The minimum Gasteiger partial charge on any atom is -0.497 e. The standard InChI is InChI=1S/C29H35Cl2N5O3Si/c1-35(18-21-10-13-23(37-2)17-25(21)38-3)28-27-26(32-29(31)33-28)24(14-9-20-7-11-22(30)12-8-20)36(34-27)19-39-15-16-40(4,5)6/h7-14,17H,15-16,18-19H2,1-6H3/b14-9+. The first-order chi connectivity index (χ1) is 19.1. The molecule has 0 saturated carbocycles. The van der Waals surface area contributed by atoms with E-state index < -0.39 is 8.07 Å². The Labute approximate surface area is 246 Å². The third-order valence-electron chi connectivity index (χ3n) is 6.36. The average Bonchev–Trinajstić information content (AvgIpc) is 3.26. The maximum atomic E-state index is 6.47. The van der Waals surface area contributed by atoms with Gasteiger partial charge in [-0.3, -0.25) is 0 Å². The van der Waals surface area contributed by atoms with Crippen molar-refractivity contribution in [2.75, 3.05) is 32.8 Å². The molecule has 0 radical (unpaired) electrons. The third-order valence-corrected chi connectivity index (χ3v) is 8.48. The molecule has 0 fully saturated rings. The molecule has 2 heterocycles. The van der Waals surface area contributed by atoms with Crippen LogP contribution < -0.4 is 14.4 Å². The van der Waals surface area contributed by atoms with Crippen LogP contribution in [0.25, 0.3) is 23.2 Å². The molecule has 0 aliphatic carbocycles. The summed E-state index contributed by atoms with van der Waals surface area (Å²) < 4.78 is 18.8. The first-order valence-corrected chi connectivity index (χ1v) is 17.4. The molecule has 2 aromatic carbocycles. The van der Waals surface area contributed by atoms with Crippen molar-refractivity contribution in [3.8, 4) is 11.5 Å². The molecule has 0 bridgehead atoms. The zero-order chi connectivity index (χ0) is 28.9. The van der Waals surface area contributed by atoms with Crippen LogP contribution in [0, 0.1) is 0 Å². The monoisotopic (exact) mass is 599 g/mol. The van der Waals surface area contributed by atoms with E-state index >= 15 is 0 Å². The molecule has 11 heteroatoms. The van der Waals surface area contributed by atoms with Gasteiger partial charge in [-0.1, -0.05) is 49.5 Å². The first kappa shape index (κ1) is 29.9. The van der Waals surface area contributed by atoms with E-state index in [0.717, 1.165) is 34.4 Å².